The van der Waals surface area contributed by atoms with Gasteiger partial charge in [0.1, 0.15) is 6.10 Å². The van der Waals surface area contributed by atoms with Crippen LogP contribution in [0.5, 0.6) is 0 Å². The van der Waals surface area contributed by atoms with Crippen LogP contribution >= 0.6 is 0 Å². The van der Waals surface area contributed by atoms with Gasteiger partial charge in [0.05, 0.1) is 27.8 Å². The highest BCUT2D eigenvalue weighted by Crippen LogP contribution is 2.35. The molecule has 52 heavy (non-hydrogen) atoms. The number of rotatable bonds is 10. The van der Waals surface area contributed by atoms with Crippen LogP contribution in [0, 0.1) is 0 Å². The van der Waals surface area contributed by atoms with E-state index in [0.717, 1.165) is 0 Å². The maximum atomic E-state index is 13.7. The highest BCUT2D eigenvalue weighted by Gasteiger charge is 2.59. The molecule has 0 aliphatic heterocycles. The van der Waals surface area contributed by atoms with Gasteiger partial charge >= 0.3 is 29.8 Å². The van der Waals surface area contributed by atoms with Crippen LogP contribution in [0.25, 0.3) is 0 Å². The van der Waals surface area contributed by atoms with Crippen molar-refractivity contribution in [2.75, 3.05) is 0 Å². The average molecular weight is 701 g/mol. The van der Waals surface area contributed by atoms with E-state index in [4.69, 9.17) is 23.7 Å². The molecular formula is C41H32O11. The lowest BCUT2D eigenvalue weighted by atomic mass is 9.83. The summed E-state index contributed by atoms with van der Waals surface area (Å²) >= 11 is 0. The van der Waals surface area contributed by atoms with Crippen molar-refractivity contribution in [2.45, 2.75) is 36.6 Å². The van der Waals surface area contributed by atoms with Gasteiger partial charge in [-0.05, 0) is 60.7 Å². The van der Waals surface area contributed by atoms with Crippen LogP contribution in [0.1, 0.15) is 51.8 Å². The zero-order valence-electron chi connectivity index (χ0n) is 27.4. The third kappa shape index (κ3) is 8.23. The standard InChI is InChI=1S/C41H32O11/c42-31-32(48-37(43)26-16-6-1-7-17-26)34(50-39(45)28-20-10-3-11-21-28)36(52-41(47)30-24-14-5-15-25-30)35(51-40(46)29-22-12-4-13-23-29)33(31)49-38(44)27-18-8-2-9-19-27/h1-25,31-36,42H/t31?,32-,33+,34-,35+,36?. The number of hydrogen-bond donors (Lipinski definition) is 1. The Labute approximate surface area is 298 Å². The first kappa shape index (κ1) is 35.2. The van der Waals surface area contributed by atoms with Crippen LogP contribution in [-0.2, 0) is 23.7 Å². The molecule has 5 aromatic carbocycles. The second kappa shape index (κ2) is 16.4. The van der Waals surface area contributed by atoms with Crippen LogP contribution in [0.3, 0.4) is 0 Å². The molecule has 0 aromatic heterocycles. The van der Waals surface area contributed by atoms with Gasteiger partial charge in [-0.25, -0.2) is 24.0 Å². The largest absolute Gasteiger partial charge is 0.452 e. The fraction of sp³-hybridized carbons (Fsp3) is 0.146. The quantitative estimate of drug-likeness (QED) is 0.146. The number of carbonyl (C=O) groups excluding carboxylic acids is 5. The van der Waals surface area contributed by atoms with Crippen molar-refractivity contribution >= 4 is 29.8 Å². The molecule has 2 unspecified atom stereocenters. The van der Waals surface area contributed by atoms with Crippen LogP contribution in [0.2, 0.25) is 0 Å². The first-order valence-electron chi connectivity index (χ1n) is 16.3. The van der Waals surface area contributed by atoms with E-state index in [9.17, 15) is 29.1 Å². The maximum Gasteiger partial charge on any atom is 0.338 e. The van der Waals surface area contributed by atoms with Gasteiger partial charge in [0, 0.05) is 0 Å². The maximum absolute atomic E-state index is 13.7. The fourth-order valence-corrected chi connectivity index (χ4v) is 5.64. The van der Waals surface area contributed by atoms with E-state index in [1.54, 1.807) is 91.0 Å². The topological polar surface area (TPSA) is 152 Å². The van der Waals surface area contributed by atoms with E-state index in [1.807, 2.05) is 0 Å². The smallest absolute Gasteiger partial charge is 0.338 e. The summed E-state index contributed by atoms with van der Waals surface area (Å²) in [6.07, 6.45) is -11.1. The molecule has 1 aliphatic carbocycles. The van der Waals surface area contributed by atoms with E-state index in [-0.39, 0.29) is 27.8 Å². The summed E-state index contributed by atoms with van der Waals surface area (Å²) < 4.78 is 29.5. The second-order valence-electron chi connectivity index (χ2n) is 11.7. The molecule has 1 aliphatic rings. The van der Waals surface area contributed by atoms with Gasteiger partial charge in [-0.3, -0.25) is 0 Å². The number of aliphatic hydroxyl groups is 1. The first-order valence-corrected chi connectivity index (χ1v) is 16.3. The van der Waals surface area contributed by atoms with E-state index in [1.165, 1.54) is 60.7 Å². The van der Waals surface area contributed by atoms with Crippen molar-refractivity contribution in [1.29, 1.82) is 0 Å². The van der Waals surface area contributed by atoms with Gasteiger partial charge in [0.25, 0.3) is 0 Å². The zero-order chi connectivity index (χ0) is 36.5. The molecule has 1 fully saturated rings. The molecule has 0 radical (unpaired) electrons. The lowest BCUT2D eigenvalue weighted by molar-refractivity contribution is -0.223. The lowest BCUT2D eigenvalue weighted by Gasteiger charge is -2.46. The first-order chi connectivity index (χ1) is 25.3. The number of aliphatic hydroxyl groups excluding tert-OH is 1. The summed E-state index contributed by atoms with van der Waals surface area (Å²) in [5.74, 6) is -4.69. The van der Waals surface area contributed by atoms with Gasteiger partial charge in [0.2, 0.25) is 0 Å². The van der Waals surface area contributed by atoms with E-state index in [2.05, 4.69) is 0 Å². The minimum absolute atomic E-state index is 0.0746. The second-order valence-corrected chi connectivity index (χ2v) is 11.7. The number of esters is 5. The predicted octanol–water partition coefficient (Wildman–Crippen LogP) is 5.49. The van der Waals surface area contributed by atoms with Crippen LogP contribution < -0.4 is 0 Å². The van der Waals surface area contributed by atoms with Gasteiger partial charge in [-0.15, -0.1) is 0 Å². The van der Waals surface area contributed by atoms with Gasteiger partial charge in [-0.1, -0.05) is 91.0 Å². The van der Waals surface area contributed by atoms with Gasteiger partial charge in [0.15, 0.2) is 30.5 Å². The van der Waals surface area contributed by atoms with Crippen molar-refractivity contribution < 1.29 is 52.8 Å². The molecule has 11 nitrogen and oxygen atoms in total. The average Bonchev–Trinajstić information content (AvgIpc) is 3.20. The summed E-state index contributed by atoms with van der Waals surface area (Å²) in [5.41, 5.74) is 0.389. The molecule has 0 amide bonds. The molecule has 0 heterocycles. The Bertz CT molecular complexity index is 1870. The number of hydrogen-bond acceptors (Lipinski definition) is 11. The molecule has 262 valence electrons. The number of benzene rings is 5. The van der Waals surface area contributed by atoms with Gasteiger partial charge < -0.3 is 28.8 Å². The highest BCUT2D eigenvalue weighted by molar-refractivity contribution is 5.92. The molecular weight excluding hydrogens is 668 g/mol. The molecule has 0 spiro atoms. The number of carbonyl (C=O) groups is 5. The van der Waals surface area contributed by atoms with Crippen molar-refractivity contribution in [3.8, 4) is 0 Å². The summed E-state index contributed by atoms with van der Waals surface area (Å²) in [4.78, 5) is 68.1. The van der Waals surface area contributed by atoms with Crippen LogP contribution in [-0.4, -0.2) is 71.6 Å². The monoisotopic (exact) mass is 700 g/mol. The molecule has 6 rings (SSSR count). The van der Waals surface area contributed by atoms with Crippen LogP contribution in [0.15, 0.2) is 152 Å². The SMILES string of the molecule is O=C(OC1[C@@H](OC(=O)c2ccccc2)[C@@H](OC(=O)c2ccccc2)C(O)[C@@H](OC(=O)c2ccccc2)[C@H]1OC(=O)c1ccccc1)c1ccccc1. The Morgan fingerprint density at radius 3 is 0.692 bits per heavy atom. The lowest BCUT2D eigenvalue weighted by Crippen LogP contribution is -2.68. The molecule has 1 saturated carbocycles. The highest BCUT2D eigenvalue weighted by atomic mass is 16.7. The third-order valence-corrected chi connectivity index (χ3v) is 8.23. The Kier molecular flexibility index (Phi) is 11.1. The summed E-state index contributed by atoms with van der Waals surface area (Å²) in [7, 11) is 0. The van der Waals surface area contributed by atoms with Crippen molar-refractivity contribution in [1.82, 2.24) is 0 Å². The summed E-state index contributed by atoms with van der Waals surface area (Å²) in [6.45, 7) is 0. The summed E-state index contributed by atoms with van der Waals surface area (Å²) in [6, 6.07) is 39.0. The molecule has 1 N–H and O–H groups in total. The van der Waals surface area contributed by atoms with Gasteiger partial charge in [-0.2, -0.15) is 0 Å². The molecule has 11 heteroatoms. The normalized spacial score (nSPS) is 20.8. The van der Waals surface area contributed by atoms with Crippen molar-refractivity contribution in [3.63, 3.8) is 0 Å². The van der Waals surface area contributed by atoms with Crippen molar-refractivity contribution in [2.24, 2.45) is 0 Å². The molecule has 0 bridgehead atoms. The Hall–Kier alpha value is -6.59. The molecule has 5 aromatic rings. The Balaban J connectivity index is 1.47. The summed E-state index contributed by atoms with van der Waals surface area (Å²) in [5, 5.41) is 12.0. The predicted molar refractivity (Wildman–Crippen MR) is 184 cm³/mol. The van der Waals surface area contributed by atoms with Crippen molar-refractivity contribution in [3.05, 3.63) is 179 Å². The van der Waals surface area contributed by atoms with E-state index >= 15 is 0 Å². The third-order valence-electron chi connectivity index (χ3n) is 8.23. The van der Waals surface area contributed by atoms with Crippen LogP contribution in [0.4, 0.5) is 0 Å². The molecule has 0 saturated heterocycles. The minimum Gasteiger partial charge on any atom is -0.452 e. The Morgan fingerprint density at radius 1 is 0.308 bits per heavy atom. The van der Waals surface area contributed by atoms with E-state index in [0.29, 0.717) is 0 Å². The minimum atomic E-state index is -1.99. The molecule has 6 atom stereocenters. The zero-order valence-corrected chi connectivity index (χ0v) is 27.4. The Morgan fingerprint density at radius 2 is 0.481 bits per heavy atom. The number of ether oxygens (including phenoxy) is 5. The fourth-order valence-electron chi connectivity index (χ4n) is 5.64. The van der Waals surface area contributed by atoms with E-state index < -0.39 is 66.5 Å².